The molecule has 0 aliphatic heterocycles. The highest BCUT2D eigenvalue weighted by Gasteiger charge is 2.34. The molecule has 0 radical (unpaired) electrons. The molecule has 1 aliphatic carbocycles. The number of nitrogens with one attached hydrogen (secondary N) is 3. The van der Waals surface area contributed by atoms with Gasteiger partial charge in [-0.05, 0) is 38.7 Å². The molecule has 1 heterocycles. The summed E-state index contributed by atoms with van der Waals surface area (Å²) >= 11 is 0. The Morgan fingerprint density at radius 2 is 1.69 bits per heavy atom. The third kappa shape index (κ3) is 3.64. The number of nitrogens with zero attached hydrogens (tertiary/aromatic N) is 1. The fourth-order valence-corrected chi connectivity index (χ4v) is 4.76. The Labute approximate surface area is 186 Å². The van der Waals surface area contributed by atoms with Gasteiger partial charge in [-0.2, -0.15) is 0 Å². The molecule has 0 fully saturated rings. The van der Waals surface area contributed by atoms with Crippen LogP contribution in [0.3, 0.4) is 0 Å². The molecular formula is C23H24N4O4S. The number of aromatic hydroxyl groups is 1. The van der Waals surface area contributed by atoms with E-state index in [-0.39, 0.29) is 46.0 Å². The van der Waals surface area contributed by atoms with Crippen molar-refractivity contribution in [1.82, 2.24) is 14.6 Å². The minimum Gasteiger partial charge on any atom is -0.494 e. The number of fused-ring (bicyclic) bond motifs is 2. The molecule has 0 bridgehead atoms. The van der Waals surface area contributed by atoms with Crippen molar-refractivity contribution >= 4 is 21.5 Å². The number of rotatable bonds is 6. The van der Waals surface area contributed by atoms with Gasteiger partial charge in [0, 0.05) is 23.7 Å². The average Bonchev–Trinajstić information content (AvgIpc) is 3.13. The van der Waals surface area contributed by atoms with Crippen LogP contribution in [0.2, 0.25) is 0 Å². The zero-order valence-corrected chi connectivity index (χ0v) is 18.7. The smallest absolute Gasteiger partial charge is 0.240 e. The van der Waals surface area contributed by atoms with Gasteiger partial charge in [0.15, 0.2) is 11.7 Å². The maximum atomic E-state index is 13.2. The molecule has 32 heavy (non-hydrogen) atoms. The minimum absolute atomic E-state index is 0.0293. The first-order valence-electron chi connectivity index (χ1n) is 10.1. The third-order valence-electron chi connectivity index (χ3n) is 5.80. The molecule has 0 saturated heterocycles. The van der Waals surface area contributed by atoms with Gasteiger partial charge in [-0.1, -0.05) is 36.4 Å². The van der Waals surface area contributed by atoms with Crippen LogP contribution < -0.4 is 4.72 Å². The first-order chi connectivity index (χ1) is 15.1. The highest BCUT2D eigenvalue weighted by atomic mass is 32.2. The zero-order chi connectivity index (χ0) is 23.2. The predicted octanol–water partition coefficient (Wildman–Crippen LogP) is 2.58. The first-order valence-corrected chi connectivity index (χ1v) is 11.5. The predicted molar refractivity (Wildman–Crippen MR) is 122 cm³/mol. The van der Waals surface area contributed by atoms with Crippen LogP contribution in [0.25, 0.3) is 11.3 Å². The molecular weight excluding hydrogens is 428 g/mol. The fraction of sp³-hybridized carbons (Fsp3) is 0.217. The summed E-state index contributed by atoms with van der Waals surface area (Å²) in [6.45, 7) is 2.18. The second-order valence-corrected chi connectivity index (χ2v) is 9.80. The molecule has 0 spiro atoms. The number of benzene rings is 2. The largest absolute Gasteiger partial charge is 0.494 e. The Balaban J connectivity index is 1.68. The Morgan fingerprint density at radius 3 is 2.31 bits per heavy atom. The van der Waals surface area contributed by atoms with Crippen LogP contribution in [0.15, 0.2) is 53.4 Å². The normalized spacial score (nSPS) is 14.4. The van der Waals surface area contributed by atoms with E-state index < -0.39 is 10.0 Å². The van der Waals surface area contributed by atoms with Gasteiger partial charge in [0.1, 0.15) is 0 Å². The van der Waals surface area contributed by atoms with Crippen molar-refractivity contribution in [2.24, 2.45) is 0 Å². The van der Waals surface area contributed by atoms with Gasteiger partial charge in [-0.25, -0.2) is 13.1 Å². The Hall–Kier alpha value is -3.27. The number of ketones is 1. The van der Waals surface area contributed by atoms with E-state index in [9.17, 15) is 18.3 Å². The number of carbonyl (C=O) groups excluding carboxylic acids is 1. The Kier molecular flexibility index (Phi) is 5.49. The van der Waals surface area contributed by atoms with Gasteiger partial charge in [-0.15, -0.1) is 0 Å². The van der Waals surface area contributed by atoms with Gasteiger partial charge < -0.3 is 15.0 Å². The second kappa shape index (κ2) is 8.01. The van der Waals surface area contributed by atoms with Crippen LogP contribution in [-0.4, -0.2) is 61.6 Å². The summed E-state index contributed by atoms with van der Waals surface area (Å²) in [4.78, 5) is 18.0. The topological polar surface area (TPSA) is 126 Å². The number of aromatic amines is 1. The van der Waals surface area contributed by atoms with Crippen molar-refractivity contribution in [2.45, 2.75) is 17.9 Å². The van der Waals surface area contributed by atoms with Gasteiger partial charge in [0.2, 0.25) is 10.0 Å². The van der Waals surface area contributed by atoms with E-state index in [2.05, 4.69) is 9.71 Å². The molecule has 166 valence electrons. The molecule has 1 aromatic heterocycles. The number of carbonyl (C=O) groups is 1. The summed E-state index contributed by atoms with van der Waals surface area (Å²) in [5, 5.41) is 18.9. The van der Waals surface area contributed by atoms with Crippen molar-refractivity contribution in [3.05, 3.63) is 70.8 Å². The quantitative estimate of drug-likeness (QED) is 0.358. The summed E-state index contributed by atoms with van der Waals surface area (Å²) in [6, 6.07) is 12.9. The van der Waals surface area contributed by atoms with Crippen LogP contribution in [0, 0.1) is 5.41 Å². The lowest BCUT2D eigenvalue weighted by molar-refractivity contribution is 0.103. The van der Waals surface area contributed by atoms with Gasteiger partial charge >= 0.3 is 0 Å². The van der Waals surface area contributed by atoms with E-state index in [4.69, 9.17) is 5.41 Å². The standard InChI is InChI=1S/C23H24N4O4S/c1-13(27(2)3)12-25-32(30,31)15-10-8-14(9-11-15)21-19-18(23(29)26-21)20(24)16-6-4-5-7-17(16)22(19)28/h4-11,13,24-26,29H,12H2,1-3H3. The van der Waals surface area contributed by atoms with Gasteiger partial charge in [0.25, 0.3) is 0 Å². The summed E-state index contributed by atoms with van der Waals surface area (Å²) in [6.07, 6.45) is 0. The van der Waals surface area contributed by atoms with E-state index in [1.54, 1.807) is 36.4 Å². The second-order valence-electron chi connectivity index (χ2n) is 8.04. The number of aromatic nitrogens is 1. The van der Waals surface area contributed by atoms with E-state index in [0.29, 0.717) is 22.4 Å². The molecule has 4 rings (SSSR count). The molecule has 1 atom stereocenters. The fourth-order valence-electron chi connectivity index (χ4n) is 3.64. The number of sulfonamides is 1. The molecule has 2 aromatic carbocycles. The number of H-pyrrole nitrogens is 1. The molecule has 3 aromatic rings. The summed E-state index contributed by atoms with van der Waals surface area (Å²) in [5.74, 6) is -0.562. The average molecular weight is 453 g/mol. The van der Waals surface area contributed by atoms with Crippen molar-refractivity contribution in [2.75, 3.05) is 20.6 Å². The lowest BCUT2D eigenvalue weighted by Crippen LogP contribution is -2.38. The minimum atomic E-state index is -3.70. The van der Waals surface area contributed by atoms with Gasteiger partial charge in [0.05, 0.1) is 27.4 Å². The highest BCUT2D eigenvalue weighted by molar-refractivity contribution is 7.89. The summed E-state index contributed by atoms with van der Waals surface area (Å²) < 4.78 is 27.8. The zero-order valence-electron chi connectivity index (χ0n) is 17.9. The highest BCUT2D eigenvalue weighted by Crippen LogP contribution is 2.39. The molecule has 0 amide bonds. The Bertz CT molecular complexity index is 1320. The molecule has 8 nitrogen and oxygen atoms in total. The van der Waals surface area contributed by atoms with E-state index in [0.717, 1.165) is 0 Å². The SMILES string of the molecule is CC(CNS(=O)(=O)c1ccc(-c2[nH]c(O)c3c2C(=O)c2ccccc2C3=N)cc1)N(C)C. The van der Waals surface area contributed by atoms with Crippen molar-refractivity contribution in [1.29, 1.82) is 5.41 Å². The van der Waals surface area contributed by atoms with Crippen molar-refractivity contribution < 1.29 is 18.3 Å². The molecule has 1 aliphatic rings. The molecule has 4 N–H and O–H groups in total. The lowest BCUT2D eigenvalue weighted by atomic mass is 9.84. The number of hydrogen-bond donors (Lipinski definition) is 4. The molecule has 9 heteroatoms. The number of hydrogen-bond acceptors (Lipinski definition) is 6. The third-order valence-corrected chi connectivity index (χ3v) is 7.24. The van der Waals surface area contributed by atoms with Crippen LogP contribution in [0.5, 0.6) is 5.88 Å². The summed E-state index contributed by atoms with van der Waals surface area (Å²) in [7, 11) is 0.0525. The van der Waals surface area contributed by atoms with Crippen LogP contribution >= 0.6 is 0 Å². The van der Waals surface area contributed by atoms with E-state index in [1.165, 1.54) is 12.1 Å². The maximum Gasteiger partial charge on any atom is 0.240 e. The molecule has 0 saturated carbocycles. The number of likely N-dealkylation sites (N-methyl/N-ethyl adjacent to an activating group) is 1. The van der Waals surface area contributed by atoms with Crippen molar-refractivity contribution in [3.8, 4) is 17.1 Å². The van der Waals surface area contributed by atoms with E-state index >= 15 is 0 Å². The van der Waals surface area contributed by atoms with Crippen molar-refractivity contribution in [3.63, 3.8) is 0 Å². The van der Waals surface area contributed by atoms with Crippen LogP contribution in [-0.2, 0) is 10.0 Å². The van der Waals surface area contributed by atoms with Crippen LogP contribution in [0.4, 0.5) is 0 Å². The molecule has 1 unspecified atom stereocenters. The summed E-state index contributed by atoms with van der Waals surface area (Å²) in [5.41, 5.74) is 2.16. The Morgan fingerprint density at radius 1 is 1.06 bits per heavy atom. The maximum absolute atomic E-state index is 13.2. The monoisotopic (exact) mass is 452 g/mol. The first kappa shape index (κ1) is 21.9. The lowest BCUT2D eigenvalue weighted by Gasteiger charge is -2.20. The van der Waals surface area contributed by atoms with E-state index in [1.807, 2.05) is 25.9 Å². The van der Waals surface area contributed by atoms with Gasteiger partial charge in [-0.3, -0.25) is 10.2 Å². The van der Waals surface area contributed by atoms with Crippen LogP contribution in [0.1, 0.15) is 34.0 Å².